The highest BCUT2D eigenvalue weighted by molar-refractivity contribution is 5.84. The summed E-state index contributed by atoms with van der Waals surface area (Å²) in [6.07, 6.45) is 5.70. The largest absolute Gasteiger partial charge is 0.494 e. The summed E-state index contributed by atoms with van der Waals surface area (Å²) in [5, 5.41) is 1.94. The van der Waals surface area contributed by atoms with Gasteiger partial charge in [0, 0.05) is 63.5 Å². The third-order valence-corrected chi connectivity index (χ3v) is 7.47. The van der Waals surface area contributed by atoms with Crippen LogP contribution in [0.25, 0.3) is 0 Å². The molecule has 1 amide bonds. The summed E-state index contributed by atoms with van der Waals surface area (Å²) >= 11 is 0. The van der Waals surface area contributed by atoms with Gasteiger partial charge in [-0.25, -0.2) is 0 Å². The molecular formula is C29H42N4O3. The van der Waals surface area contributed by atoms with Gasteiger partial charge in [-0.1, -0.05) is 38.8 Å². The molecule has 2 aromatic carbocycles. The molecule has 2 aromatic rings. The second-order valence-corrected chi connectivity index (χ2v) is 9.93. The highest BCUT2D eigenvalue weighted by atomic mass is 16.7. The lowest BCUT2D eigenvalue weighted by atomic mass is 9.90. The number of hydrogen-bond acceptors (Lipinski definition) is 6. The SMILES string of the molecule is CCCCCOc1ccc(N2CCN(OC3(C(N)=O)CCN(c4cccc(CC)c4)CC3)CC2)cc1. The fourth-order valence-corrected chi connectivity index (χ4v) is 5.06. The molecule has 36 heavy (non-hydrogen) atoms. The van der Waals surface area contributed by atoms with Gasteiger partial charge in [-0.05, 0) is 54.8 Å². The summed E-state index contributed by atoms with van der Waals surface area (Å²) in [6.45, 7) is 9.77. The molecule has 0 bridgehead atoms. The van der Waals surface area contributed by atoms with Crippen molar-refractivity contribution < 1.29 is 14.4 Å². The molecule has 0 spiro atoms. The van der Waals surface area contributed by atoms with E-state index in [1.165, 1.54) is 29.8 Å². The molecule has 2 aliphatic heterocycles. The van der Waals surface area contributed by atoms with Gasteiger partial charge in [0.05, 0.1) is 6.61 Å². The van der Waals surface area contributed by atoms with E-state index in [1.54, 1.807) is 0 Å². The minimum atomic E-state index is -0.933. The van der Waals surface area contributed by atoms with Crippen molar-refractivity contribution in [1.29, 1.82) is 0 Å². The molecule has 2 heterocycles. The first kappa shape index (κ1) is 26.3. The van der Waals surface area contributed by atoms with Crippen LogP contribution in [0.2, 0.25) is 0 Å². The van der Waals surface area contributed by atoms with Gasteiger partial charge in [-0.3, -0.25) is 9.63 Å². The van der Waals surface area contributed by atoms with E-state index >= 15 is 0 Å². The molecule has 0 atom stereocenters. The molecule has 7 nitrogen and oxygen atoms in total. The van der Waals surface area contributed by atoms with Crippen molar-refractivity contribution in [3.63, 3.8) is 0 Å². The van der Waals surface area contributed by atoms with Crippen molar-refractivity contribution in [3.05, 3.63) is 54.1 Å². The molecule has 0 unspecified atom stereocenters. The Morgan fingerprint density at radius 3 is 2.22 bits per heavy atom. The number of hydroxylamine groups is 2. The van der Waals surface area contributed by atoms with Gasteiger partial charge in [-0.2, -0.15) is 5.06 Å². The smallest absolute Gasteiger partial charge is 0.251 e. The maximum absolute atomic E-state index is 12.6. The number of hydrogen-bond donors (Lipinski definition) is 1. The molecule has 0 aromatic heterocycles. The number of aryl methyl sites for hydroxylation is 1. The number of primary amides is 1. The molecule has 2 saturated heterocycles. The standard InChI is InChI=1S/C29H42N4O3/c1-3-5-6-22-35-27-12-10-25(11-13-27)32-18-20-33(21-19-32)36-29(28(30)34)14-16-31(17-15-29)26-9-7-8-24(4-2)23-26/h7-13,23H,3-6,14-22H2,1-2H3,(H2,30,34). The third-order valence-electron chi connectivity index (χ3n) is 7.47. The van der Waals surface area contributed by atoms with Crippen molar-refractivity contribution in [2.75, 3.05) is 55.7 Å². The number of nitrogens with two attached hydrogens (primary N) is 1. The molecule has 2 aliphatic rings. The first-order chi connectivity index (χ1) is 17.5. The quantitative estimate of drug-likeness (QED) is 0.467. The average molecular weight is 495 g/mol. The van der Waals surface area contributed by atoms with Crippen LogP contribution in [0.15, 0.2) is 48.5 Å². The van der Waals surface area contributed by atoms with Crippen molar-refractivity contribution in [2.24, 2.45) is 5.73 Å². The molecule has 2 fully saturated rings. The zero-order chi connectivity index (χ0) is 25.4. The van der Waals surface area contributed by atoms with Gasteiger partial charge in [0.2, 0.25) is 0 Å². The second-order valence-electron chi connectivity index (χ2n) is 9.93. The van der Waals surface area contributed by atoms with Crippen molar-refractivity contribution in [3.8, 4) is 5.75 Å². The maximum atomic E-state index is 12.6. The number of unbranched alkanes of at least 4 members (excludes halogenated alkanes) is 2. The topological polar surface area (TPSA) is 71.3 Å². The summed E-state index contributed by atoms with van der Waals surface area (Å²) in [5.74, 6) is 0.564. The number of carbonyl (C=O) groups is 1. The van der Waals surface area contributed by atoms with Gasteiger partial charge in [0.1, 0.15) is 5.75 Å². The van der Waals surface area contributed by atoms with Crippen LogP contribution in [0.4, 0.5) is 11.4 Å². The number of anilines is 2. The Labute approximate surface area is 216 Å². The molecular weight excluding hydrogens is 452 g/mol. The summed E-state index contributed by atoms with van der Waals surface area (Å²) in [6, 6.07) is 17.0. The molecule has 4 rings (SSSR count). The lowest BCUT2D eigenvalue weighted by Crippen LogP contribution is -2.59. The highest BCUT2D eigenvalue weighted by Gasteiger charge is 2.43. The molecule has 7 heteroatoms. The van der Waals surface area contributed by atoms with E-state index in [-0.39, 0.29) is 5.91 Å². The molecule has 0 radical (unpaired) electrons. The van der Waals surface area contributed by atoms with E-state index < -0.39 is 5.60 Å². The van der Waals surface area contributed by atoms with E-state index in [0.29, 0.717) is 12.8 Å². The minimum absolute atomic E-state index is 0.360. The van der Waals surface area contributed by atoms with E-state index in [1.807, 2.05) is 5.06 Å². The number of piperazine rings is 1. The van der Waals surface area contributed by atoms with Crippen LogP contribution < -0.4 is 20.3 Å². The lowest BCUT2D eigenvalue weighted by molar-refractivity contribution is -0.247. The summed E-state index contributed by atoms with van der Waals surface area (Å²) < 4.78 is 5.84. The van der Waals surface area contributed by atoms with E-state index in [2.05, 4.69) is 72.2 Å². The summed E-state index contributed by atoms with van der Waals surface area (Å²) in [5.41, 5.74) is 8.68. The van der Waals surface area contributed by atoms with Crippen molar-refractivity contribution in [2.45, 2.75) is 58.0 Å². The van der Waals surface area contributed by atoms with Crippen LogP contribution >= 0.6 is 0 Å². The Morgan fingerprint density at radius 1 is 0.889 bits per heavy atom. The Morgan fingerprint density at radius 2 is 1.58 bits per heavy atom. The van der Waals surface area contributed by atoms with Gasteiger partial charge in [0.25, 0.3) is 5.91 Å². The van der Waals surface area contributed by atoms with Gasteiger partial charge >= 0.3 is 0 Å². The zero-order valence-corrected chi connectivity index (χ0v) is 22.0. The van der Waals surface area contributed by atoms with E-state index in [9.17, 15) is 4.79 Å². The summed E-state index contributed by atoms with van der Waals surface area (Å²) in [4.78, 5) is 23.6. The number of ether oxygens (including phenoxy) is 1. The number of carbonyl (C=O) groups excluding carboxylic acids is 1. The number of benzene rings is 2. The van der Waals surface area contributed by atoms with Crippen LogP contribution in [0.1, 0.15) is 51.5 Å². The number of nitrogens with zero attached hydrogens (tertiary/aromatic N) is 3. The average Bonchev–Trinajstić information content (AvgIpc) is 2.92. The van der Waals surface area contributed by atoms with Gasteiger partial charge in [-0.15, -0.1) is 0 Å². The lowest BCUT2D eigenvalue weighted by Gasteiger charge is -2.44. The molecule has 2 N–H and O–H groups in total. The Bertz CT molecular complexity index is 965. The van der Waals surface area contributed by atoms with Crippen LogP contribution in [0.3, 0.4) is 0 Å². The van der Waals surface area contributed by atoms with Crippen LogP contribution in [-0.2, 0) is 16.1 Å². The van der Waals surface area contributed by atoms with E-state index in [4.69, 9.17) is 15.3 Å². The molecule has 0 aliphatic carbocycles. The first-order valence-electron chi connectivity index (χ1n) is 13.6. The molecule has 0 saturated carbocycles. The number of rotatable bonds is 11. The van der Waals surface area contributed by atoms with Crippen LogP contribution in [0.5, 0.6) is 5.75 Å². The monoisotopic (exact) mass is 494 g/mol. The number of amides is 1. The third kappa shape index (κ3) is 6.51. The minimum Gasteiger partial charge on any atom is -0.494 e. The highest BCUT2D eigenvalue weighted by Crippen LogP contribution is 2.31. The van der Waals surface area contributed by atoms with Crippen LogP contribution in [-0.4, -0.2) is 62.4 Å². The van der Waals surface area contributed by atoms with Crippen molar-refractivity contribution in [1.82, 2.24) is 5.06 Å². The Kier molecular flexibility index (Phi) is 9.10. The predicted molar refractivity (Wildman–Crippen MR) is 146 cm³/mol. The molecule has 196 valence electrons. The van der Waals surface area contributed by atoms with Crippen molar-refractivity contribution >= 4 is 17.3 Å². The maximum Gasteiger partial charge on any atom is 0.251 e. The summed E-state index contributed by atoms with van der Waals surface area (Å²) in [7, 11) is 0. The van der Waals surface area contributed by atoms with E-state index in [0.717, 1.165) is 64.5 Å². The van der Waals surface area contributed by atoms with Gasteiger partial charge in [0.15, 0.2) is 5.60 Å². The second kappa shape index (κ2) is 12.5. The normalized spacial score (nSPS) is 18.3. The zero-order valence-electron chi connectivity index (χ0n) is 22.0. The predicted octanol–water partition coefficient (Wildman–Crippen LogP) is 4.40. The number of piperidine rings is 1. The Balaban J connectivity index is 1.28. The van der Waals surface area contributed by atoms with Gasteiger partial charge < -0.3 is 20.3 Å². The fourth-order valence-electron chi connectivity index (χ4n) is 5.06. The first-order valence-corrected chi connectivity index (χ1v) is 13.6. The van der Waals surface area contributed by atoms with Crippen LogP contribution in [0, 0.1) is 0 Å². The fraction of sp³-hybridized carbons (Fsp3) is 0.552. The Hall–Kier alpha value is -2.77.